The number of carbonyl (C=O) groups excluding carboxylic acids is 1. The van der Waals surface area contributed by atoms with Crippen LogP contribution < -0.4 is 0 Å². The summed E-state index contributed by atoms with van der Waals surface area (Å²) >= 11 is 1.40. The van der Waals surface area contributed by atoms with E-state index in [9.17, 15) is 14.7 Å². The Hall–Kier alpha value is -2.25. The van der Waals surface area contributed by atoms with E-state index in [1.165, 1.54) is 11.3 Å². The van der Waals surface area contributed by atoms with Gasteiger partial charge in [0.1, 0.15) is 10.7 Å². The summed E-state index contributed by atoms with van der Waals surface area (Å²) in [5.74, 6) is -1.46. The standard InChI is InChI=1S/C16H16N2O4S/c19-14(18-8-6-16(22,7-9-18)15(20)21)12-10-23-13(17-12)11-4-2-1-3-5-11/h1-5,10,22H,6-9H2,(H,20,21). The molecule has 1 aromatic heterocycles. The number of benzene rings is 1. The van der Waals surface area contributed by atoms with Gasteiger partial charge in [-0.2, -0.15) is 0 Å². The van der Waals surface area contributed by atoms with E-state index in [1.54, 1.807) is 10.3 Å². The van der Waals surface area contributed by atoms with Crippen LogP contribution in [0, 0.1) is 0 Å². The molecule has 2 heterocycles. The molecule has 0 unspecified atom stereocenters. The Bertz CT molecular complexity index is 721. The molecule has 7 heteroatoms. The number of aromatic nitrogens is 1. The lowest BCUT2D eigenvalue weighted by Gasteiger charge is -2.34. The summed E-state index contributed by atoms with van der Waals surface area (Å²) in [7, 11) is 0. The second-order valence-corrected chi connectivity index (χ2v) is 6.39. The van der Waals surface area contributed by atoms with Crippen molar-refractivity contribution in [2.24, 2.45) is 0 Å². The average molecular weight is 332 g/mol. The highest BCUT2D eigenvalue weighted by molar-refractivity contribution is 7.13. The molecule has 1 saturated heterocycles. The second kappa shape index (κ2) is 6.10. The van der Waals surface area contributed by atoms with E-state index < -0.39 is 11.6 Å². The Balaban J connectivity index is 1.70. The quantitative estimate of drug-likeness (QED) is 0.895. The maximum atomic E-state index is 12.5. The van der Waals surface area contributed by atoms with E-state index in [4.69, 9.17) is 5.11 Å². The number of carboxylic acid groups (broad SMARTS) is 1. The molecule has 2 aromatic rings. The third-order valence-electron chi connectivity index (χ3n) is 4.02. The fraction of sp³-hybridized carbons (Fsp3) is 0.312. The molecule has 120 valence electrons. The number of carbonyl (C=O) groups is 2. The highest BCUT2D eigenvalue weighted by atomic mass is 32.1. The van der Waals surface area contributed by atoms with Gasteiger partial charge < -0.3 is 15.1 Å². The first-order valence-electron chi connectivity index (χ1n) is 7.26. The van der Waals surface area contributed by atoms with E-state index >= 15 is 0 Å². The van der Waals surface area contributed by atoms with Crippen LogP contribution in [-0.2, 0) is 4.79 Å². The van der Waals surface area contributed by atoms with Crippen LogP contribution in [0.3, 0.4) is 0 Å². The summed E-state index contributed by atoms with van der Waals surface area (Å²) < 4.78 is 0. The van der Waals surface area contributed by atoms with Gasteiger partial charge in [-0.25, -0.2) is 9.78 Å². The third-order valence-corrected chi connectivity index (χ3v) is 4.91. The number of rotatable bonds is 3. The minimum atomic E-state index is -1.73. The zero-order chi connectivity index (χ0) is 16.4. The number of carboxylic acids is 1. The van der Waals surface area contributed by atoms with Gasteiger partial charge in [-0.05, 0) is 0 Å². The molecule has 1 aliphatic rings. The Kier molecular flexibility index (Phi) is 4.14. The fourth-order valence-corrected chi connectivity index (χ4v) is 3.34. The van der Waals surface area contributed by atoms with Gasteiger partial charge in [-0.15, -0.1) is 11.3 Å². The number of aliphatic carboxylic acids is 1. The van der Waals surface area contributed by atoms with Gasteiger partial charge in [0.25, 0.3) is 5.91 Å². The molecule has 0 atom stereocenters. The van der Waals surface area contributed by atoms with Crippen molar-refractivity contribution >= 4 is 23.2 Å². The van der Waals surface area contributed by atoms with Crippen molar-refractivity contribution < 1.29 is 19.8 Å². The molecule has 0 saturated carbocycles. The lowest BCUT2D eigenvalue weighted by molar-refractivity contribution is -0.162. The number of likely N-dealkylation sites (tertiary alicyclic amines) is 1. The van der Waals surface area contributed by atoms with Crippen LogP contribution in [0.2, 0.25) is 0 Å². The van der Waals surface area contributed by atoms with Gasteiger partial charge in [0, 0.05) is 36.9 Å². The van der Waals surface area contributed by atoms with Crippen molar-refractivity contribution in [1.82, 2.24) is 9.88 Å². The van der Waals surface area contributed by atoms with Gasteiger partial charge in [0.05, 0.1) is 0 Å². The molecule has 2 N–H and O–H groups in total. The van der Waals surface area contributed by atoms with Crippen molar-refractivity contribution in [3.05, 3.63) is 41.4 Å². The number of hydrogen-bond acceptors (Lipinski definition) is 5. The predicted octanol–water partition coefficient (Wildman–Crippen LogP) is 1.86. The molecule has 6 nitrogen and oxygen atoms in total. The van der Waals surface area contributed by atoms with Crippen LogP contribution in [0.15, 0.2) is 35.7 Å². The van der Waals surface area contributed by atoms with Crippen LogP contribution in [-0.4, -0.2) is 50.7 Å². The molecule has 0 aliphatic carbocycles. The Labute approximate surface area is 137 Å². The number of amides is 1. The molecule has 3 rings (SSSR count). The lowest BCUT2D eigenvalue weighted by atomic mass is 9.91. The van der Waals surface area contributed by atoms with Crippen molar-refractivity contribution in [1.29, 1.82) is 0 Å². The third kappa shape index (κ3) is 3.11. The van der Waals surface area contributed by atoms with Crippen molar-refractivity contribution in [2.45, 2.75) is 18.4 Å². The van der Waals surface area contributed by atoms with Crippen molar-refractivity contribution in [3.8, 4) is 10.6 Å². The van der Waals surface area contributed by atoms with Crippen LogP contribution in [0.25, 0.3) is 10.6 Å². The summed E-state index contributed by atoms with van der Waals surface area (Å²) in [6.07, 6.45) is 0.0630. The number of piperidine rings is 1. The normalized spacial score (nSPS) is 17.0. The number of nitrogens with zero attached hydrogens (tertiary/aromatic N) is 2. The zero-order valence-electron chi connectivity index (χ0n) is 12.3. The predicted molar refractivity (Wildman–Crippen MR) is 85.3 cm³/mol. The molecule has 1 aliphatic heterocycles. The zero-order valence-corrected chi connectivity index (χ0v) is 13.1. The summed E-state index contributed by atoms with van der Waals surface area (Å²) in [5, 5.41) is 21.4. The molecule has 1 aromatic carbocycles. The summed E-state index contributed by atoms with van der Waals surface area (Å²) in [6.45, 7) is 0.416. The van der Waals surface area contributed by atoms with Crippen molar-refractivity contribution in [3.63, 3.8) is 0 Å². The molecule has 0 spiro atoms. The Morgan fingerprint density at radius 3 is 2.43 bits per heavy atom. The van der Waals surface area contributed by atoms with Gasteiger partial charge >= 0.3 is 5.97 Å². The Morgan fingerprint density at radius 1 is 1.17 bits per heavy atom. The molecular formula is C16H16N2O4S. The van der Waals surface area contributed by atoms with E-state index in [2.05, 4.69) is 4.98 Å². The van der Waals surface area contributed by atoms with Gasteiger partial charge in [-0.1, -0.05) is 30.3 Å². The average Bonchev–Trinajstić information content (AvgIpc) is 3.05. The van der Waals surface area contributed by atoms with Gasteiger partial charge in [0.15, 0.2) is 5.60 Å². The molecule has 1 fully saturated rings. The van der Waals surface area contributed by atoms with Gasteiger partial charge in [-0.3, -0.25) is 4.79 Å². The van der Waals surface area contributed by atoms with Crippen LogP contribution in [0.5, 0.6) is 0 Å². The van der Waals surface area contributed by atoms with E-state index in [0.29, 0.717) is 5.69 Å². The highest BCUT2D eigenvalue weighted by Gasteiger charge is 2.40. The van der Waals surface area contributed by atoms with E-state index in [0.717, 1.165) is 10.6 Å². The first-order chi connectivity index (χ1) is 11.0. The molecule has 23 heavy (non-hydrogen) atoms. The monoisotopic (exact) mass is 332 g/mol. The number of thiazole rings is 1. The summed E-state index contributed by atoms with van der Waals surface area (Å²) in [4.78, 5) is 29.4. The second-order valence-electron chi connectivity index (χ2n) is 5.53. The molecule has 1 amide bonds. The number of hydrogen-bond donors (Lipinski definition) is 2. The highest BCUT2D eigenvalue weighted by Crippen LogP contribution is 2.26. The first kappa shape index (κ1) is 15.6. The molecule has 0 radical (unpaired) electrons. The lowest BCUT2D eigenvalue weighted by Crippen LogP contribution is -2.50. The van der Waals surface area contributed by atoms with Crippen LogP contribution >= 0.6 is 11.3 Å². The largest absolute Gasteiger partial charge is 0.479 e. The maximum absolute atomic E-state index is 12.5. The minimum Gasteiger partial charge on any atom is -0.479 e. The number of aliphatic hydroxyl groups is 1. The smallest absolute Gasteiger partial charge is 0.335 e. The maximum Gasteiger partial charge on any atom is 0.335 e. The molecular weight excluding hydrogens is 316 g/mol. The first-order valence-corrected chi connectivity index (χ1v) is 8.13. The van der Waals surface area contributed by atoms with Crippen LogP contribution in [0.1, 0.15) is 23.3 Å². The van der Waals surface area contributed by atoms with Gasteiger partial charge in [0.2, 0.25) is 0 Å². The summed E-state index contributed by atoms with van der Waals surface area (Å²) in [6, 6.07) is 9.60. The van der Waals surface area contributed by atoms with Crippen LogP contribution in [0.4, 0.5) is 0 Å². The summed E-state index contributed by atoms with van der Waals surface area (Å²) in [5.41, 5.74) is -0.418. The SMILES string of the molecule is O=C(c1csc(-c2ccccc2)n1)N1CCC(O)(C(=O)O)CC1. The van der Waals surface area contributed by atoms with Crippen molar-refractivity contribution in [2.75, 3.05) is 13.1 Å². The minimum absolute atomic E-state index is 0.0315. The Morgan fingerprint density at radius 2 is 1.83 bits per heavy atom. The fourth-order valence-electron chi connectivity index (χ4n) is 2.54. The van der Waals surface area contributed by atoms with E-state index in [1.807, 2.05) is 30.3 Å². The topological polar surface area (TPSA) is 90.7 Å². The van der Waals surface area contributed by atoms with E-state index in [-0.39, 0.29) is 31.8 Å². The molecule has 0 bridgehead atoms.